The second-order valence-electron chi connectivity index (χ2n) is 7.44. The third-order valence-corrected chi connectivity index (χ3v) is 14.1. The van der Waals surface area contributed by atoms with Crippen LogP contribution in [0.15, 0.2) is 0 Å². The lowest BCUT2D eigenvalue weighted by Gasteiger charge is -2.36. The molecule has 0 aromatic carbocycles. The van der Waals surface area contributed by atoms with Crippen LogP contribution < -0.4 is 0 Å². The Kier molecular flexibility index (Phi) is 9.71. The van der Waals surface area contributed by atoms with Gasteiger partial charge in [0.15, 0.2) is 0 Å². The van der Waals surface area contributed by atoms with Crippen LogP contribution in [-0.2, 0) is 8.85 Å². The van der Waals surface area contributed by atoms with Gasteiger partial charge >= 0.3 is 0 Å². The van der Waals surface area contributed by atoms with Crippen LogP contribution in [0.5, 0.6) is 0 Å². The lowest BCUT2D eigenvalue weighted by molar-refractivity contribution is 0.342. The van der Waals surface area contributed by atoms with Gasteiger partial charge in [0.05, 0.1) is 13.2 Å². The summed E-state index contributed by atoms with van der Waals surface area (Å²) in [6, 6.07) is 0. The molecule has 0 bridgehead atoms. The molecule has 24 heavy (non-hydrogen) atoms. The Balaban J connectivity index is 6.13. The standard InChI is InChI=1S/C20H34O2Si2/c1-11-13-21-23(17(3)4,18(5)6)15-16-24(19(7)8,20(9)10)22-14-12-2/h1-2,17-20H,13-14H2,3-10H3. The lowest BCUT2D eigenvalue weighted by Crippen LogP contribution is -2.48. The van der Waals surface area contributed by atoms with Crippen molar-refractivity contribution in [3.05, 3.63) is 0 Å². The lowest BCUT2D eigenvalue weighted by atomic mass is 10.5. The summed E-state index contributed by atoms with van der Waals surface area (Å²) in [6.45, 7) is 18.1. The van der Waals surface area contributed by atoms with Crippen LogP contribution >= 0.6 is 0 Å². The Labute approximate surface area is 152 Å². The summed E-state index contributed by atoms with van der Waals surface area (Å²) < 4.78 is 12.4. The Morgan fingerprint density at radius 3 is 1.04 bits per heavy atom. The molecule has 0 atom stereocenters. The minimum Gasteiger partial charge on any atom is -0.394 e. The fraction of sp³-hybridized carbons (Fsp3) is 0.700. The molecule has 134 valence electrons. The molecule has 0 aliphatic rings. The number of rotatable bonds is 8. The SMILES string of the molecule is C#CCO[Si](C#C[Si](OCC#C)(C(C)C)C(C)C)(C(C)C)C(C)C. The fourth-order valence-electron chi connectivity index (χ4n) is 3.17. The molecule has 0 aliphatic heterocycles. The normalized spacial score (nSPS) is 12.2. The predicted octanol–water partition coefficient (Wildman–Crippen LogP) is 4.90. The zero-order valence-electron chi connectivity index (χ0n) is 16.7. The van der Waals surface area contributed by atoms with E-state index in [0.717, 1.165) is 0 Å². The number of hydrogen-bond donors (Lipinski definition) is 0. The highest BCUT2D eigenvalue weighted by Crippen LogP contribution is 2.36. The van der Waals surface area contributed by atoms with E-state index in [-0.39, 0.29) is 0 Å². The van der Waals surface area contributed by atoms with Gasteiger partial charge in [-0.05, 0) is 22.2 Å². The smallest absolute Gasteiger partial charge is 0.277 e. The van der Waals surface area contributed by atoms with Crippen LogP contribution in [0, 0.1) is 35.8 Å². The molecule has 0 radical (unpaired) electrons. The van der Waals surface area contributed by atoms with Gasteiger partial charge in [-0.2, -0.15) is 0 Å². The van der Waals surface area contributed by atoms with E-state index in [2.05, 4.69) is 78.3 Å². The first-order chi connectivity index (χ1) is 11.1. The molecule has 0 aliphatic carbocycles. The van der Waals surface area contributed by atoms with Crippen molar-refractivity contribution in [3.8, 4) is 35.8 Å². The topological polar surface area (TPSA) is 18.5 Å². The third-order valence-electron chi connectivity index (χ3n) is 4.67. The number of terminal acetylenes is 2. The van der Waals surface area contributed by atoms with E-state index in [1.54, 1.807) is 0 Å². The van der Waals surface area contributed by atoms with E-state index in [1.807, 2.05) is 0 Å². The monoisotopic (exact) mass is 362 g/mol. The maximum atomic E-state index is 6.22. The van der Waals surface area contributed by atoms with Crippen LogP contribution in [0.4, 0.5) is 0 Å². The average Bonchev–Trinajstić information content (AvgIpc) is 2.49. The molecule has 0 saturated heterocycles. The Hall–Kier alpha value is -0.966. The van der Waals surface area contributed by atoms with Gasteiger partial charge in [-0.25, -0.2) is 0 Å². The highest BCUT2D eigenvalue weighted by molar-refractivity contribution is 6.89. The molecule has 0 fully saturated rings. The Morgan fingerprint density at radius 2 is 0.875 bits per heavy atom. The van der Waals surface area contributed by atoms with Gasteiger partial charge in [0.1, 0.15) is 0 Å². The van der Waals surface area contributed by atoms with Crippen molar-refractivity contribution < 1.29 is 8.85 Å². The van der Waals surface area contributed by atoms with E-state index in [1.165, 1.54) is 0 Å². The van der Waals surface area contributed by atoms with Crippen molar-refractivity contribution in [3.63, 3.8) is 0 Å². The van der Waals surface area contributed by atoms with E-state index < -0.39 is 16.6 Å². The van der Waals surface area contributed by atoms with Gasteiger partial charge in [0.25, 0.3) is 16.6 Å². The third kappa shape index (κ3) is 5.27. The summed E-state index contributed by atoms with van der Waals surface area (Å²) in [4.78, 5) is 0. The first-order valence-electron chi connectivity index (χ1n) is 8.79. The second kappa shape index (κ2) is 10.1. The average molecular weight is 363 g/mol. The van der Waals surface area contributed by atoms with E-state index >= 15 is 0 Å². The van der Waals surface area contributed by atoms with Crippen LogP contribution in [0.25, 0.3) is 0 Å². The van der Waals surface area contributed by atoms with E-state index in [0.29, 0.717) is 35.4 Å². The molecular weight excluding hydrogens is 328 g/mol. The highest BCUT2D eigenvalue weighted by atomic mass is 28.4. The Morgan fingerprint density at radius 1 is 0.625 bits per heavy atom. The summed E-state index contributed by atoms with van der Waals surface area (Å²) in [5.41, 5.74) is 8.67. The van der Waals surface area contributed by atoms with Gasteiger partial charge < -0.3 is 8.85 Å². The van der Waals surface area contributed by atoms with Crippen molar-refractivity contribution in [2.45, 2.75) is 77.6 Å². The van der Waals surface area contributed by atoms with E-state index in [9.17, 15) is 0 Å². The summed E-state index contributed by atoms with van der Waals surface area (Å²) >= 11 is 0. The first kappa shape index (κ1) is 23.0. The van der Waals surface area contributed by atoms with Crippen molar-refractivity contribution in [2.75, 3.05) is 13.2 Å². The largest absolute Gasteiger partial charge is 0.394 e. The van der Waals surface area contributed by atoms with Crippen LogP contribution in [0.1, 0.15) is 55.4 Å². The van der Waals surface area contributed by atoms with Crippen molar-refractivity contribution >= 4 is 16.6 Å². The first-order valence-corrected chi connectivity index (χ1v) is 12.9. The maximum absolute atomic E-state index is 6.22. The summed E-state index contributed by atoms with van der Waals surface area (Å²) in [6.07, 6.45) is 10.9. The van der Waals surface area contributed by atoms with Crippen LogP contribution in [0.3, 0.4) is 0 Å². The Bertz CT molecular complexity index is 463. The molecular formula is C20H34O2Si2. The zero-order valence-corrected chi connectivity index (χ0v) is 18.7. The van der Waals surface area contributed by atoms with Gasteiger partial charge in [-0.3, -0.25) is 0 Å². The maximum Gasteiger partial charge on any atom is 0.277 e. The molecule has 0 spiro atoms. The van der Waals surface area contributed by atoms with Crippen molar-refractivity contribution in [2.24, 2.45) is 0 Å². The molecule has 0 saturated carbocycles. The van der Waals surface area contributed by atoms with Gasteiger partial charge in [0, 0.05) is 0 Å². The molecule has 0 amide bonds. The van der Waals surface area contributed by atoms with Gasteiger partial charge in [0.2, 0.25) is 0 Å². The summed E-state index contributed by atoms with van der Waals surface area (Å²) in [7, 11) is -4.62. The molecule has 0 rings (SSSR count). The molecule has 0 aromatic rings. The van der Waals surface area contributed by atoms with E-state index in [4.69, 9.17) is 21.7 Å². The molecule has 0 heterocycles. The highest BCUT2D eigenvalue weighted by Gasteiger charge is 2.45. The minimum absolute atomic E-state index is 0.320. The molecule has 0 N–H and O–H groups in total. The minimum atomic E-state index is -2.31. The summed E-state index contributed by atoms with van der Waals surface area (Å²) in [5.74, 6) is 5.22. The second-order valence-corrected chi connectivity index (χ2v) is 16.3. The van der Waals surface area contributed by atoms with Crippen LogP contribution in [0.2, 0.25) is 22.2 Å². The summed E-state index contributed by atoms with van der Waals surface area (Å²) in [5, 5.41) is 0. The van der Waals surface area contributed by atoms with Crippen molar-refractivity contribution in [1.82, 2.24) is 0 Å². The molecule has 0 unspecified atom stereocenters. The molecule has 0 aromatic heterocycles. The molecule has 2 nitrogen and oxygen atoms in total. The quantitative estimate of drug-likeness (QED) is 0.452. The van der Waals surface area contributed by atoms with Crippen molar-refractivity contribution in [1.29, 1.82) is 0 Å². The van der Waals surface area contributed by atoms with Gasteiger partial charge in [-0.15, -0.1) is 23.9 Å². The number of hydrogen-bond acceptors (Lipinski definition) is 2. The predicted molar refractivity (Wildman–Crippen MR) is 109 cm³/mol. The zero-order chi connectivity index (χ0) is 19.0. The molecule has 4 heteroatoms. The van der Waals surface area contributed by atoms with Crippen LogP contribution in [-0.4, -0.2) is 29.8 Å². The van der Waals surface area contributed by atoms with Gasteiger partial charge in [-0.1, -0.05) is 67.2 Å². The fourth-order valence-corrected chi connectivity index (χ4v) is 10.7.